The van der Waals surface area contributed by atoms with E-state index in [1.807, 2.05) is 49.4 Å². The van der Waals surface area contributed by atoms with Gasteiger partial charge in [0.2, 0.25) is 5.91 Å². The molecule has 0 spiro atoms. The van der Waals surface area contributed by atoms with Crippen LogP contribution >= 0.6 is 11.3 Å². The van der Waals surface area contributed by atoms with Crippen molar-refractivity contribution in [2.24, 2.45) is 0 Å². The summed E-state index contributed by atoms with van der Waals surface area (Å²) in [5, 5.41) is 14.5. The topological polar surface area (TPSA) is 109 Å². The van der Waals surface area contributed by atoms with Gasteiger partial charge in [-0.25, -0.2) is 5.10 Å². The molecule has 9 heteroatoms. The number of pyridine rings is 1. The summed E-state index contributed by atoms with van der Waals surface area (Å²) < 4.78 is 6.05. The zero-order valence-electron chi connectivity index (χ0n) is 19.1. The van der Waals surface area contributed by atoms with Crippen molar-refractivity contribution in [2.45, 2.75) is 39.5 Å². The third kappa shape index (κ3) is 6.49. The summed E-state index contributed by atoms with van der Waals surface area (Å²) in [5.74, 6) is 0.694. The number of aryl methyl sites for hydroxylation is 1. The first-order valence-corrected chi connectivity index (χ1v) is 11.9. The highest BCUT2D eigenvalue weighted by molar-refractivity contribution is 7.08. The average molecular weight is 478 g/mol. The number of carbonyl (C=O) groups excluding carboxylic acids is 1. The molecule has 0 aliphatic rings. The first-order chi connectivity index (χ1) is 16.5. The Morgan fingerprint density at radius 3 is 2.71 bits per heavy atom. The Morgan fingerprint density at radius 1 is 1.18 bits per heavy atom. The fourth-order valence-electron chi connectivity index (χ4n) is 3.68. The Bertz CT molecular complexity index is 1320. The maximum Gasteiger partial charge on any atom is 0.322 e. The lowest BCUT2D eigenvalue weighted by Gasteiger charge is -2.18. The SMILES string of the molecule is CC(=O)NCC(Cc1n[nH]c(=O)s1)NCc1ccc(OCc2cc(C)nc3ccccc23)cc1. The van der Waals surface area contributed by atoms with Crippen LogP contribution in [-0.2, 0) is 24.4 Å². The van der Waals surface area contributed by atoms with Crippen LogP contribution in [0, 0.1) is 6.92 Å². The number of ether oxygens (including phenoxy) is 1. The van der Waals surface area contributed by atoms with Crippen LogP contribution in [0.2, 0.25) is 0 Å². The van der Waals surface area contributed by atoms with Crippen LogP contribution in [0.5, 0.6) is 5.75 Å². The summed E-state index contributed by atoms with van der Waals surface area (Å²) >= 11 is 1.08. The van der Waals surface area contributed by atoms with Crippen molar-refractivity contribution in [2.75, 3.05) is 6.54 Å². The van der Waals surface area contributed by atoms with Crippen molar-refractivity contribution in [1.82, 2.24) is 25.8 Å². The van der Waals surface area contributed by atoms with Gasteiger partial charge in [-0.15, -0.1) is 0 Å². The molecule has 0 aliphatic carbocycles. The van der Waals surface area contributed by atoms with Crippen molar-refractivity contribution in [3.63, 3.8) is 0 Å². The van der Waals surface area contributed by atoms with Crippen molar-refractivity contribution in [1.29, 1.82) is 0 Å². The number of fused-ring (bicyclic) bond motifs is 1. The number of nitrogens with zero attached hydrogens (tertiary/aromatic N) is 2. The number of amides is 1. The van der Waals surface area contributed by atoms with E-state index < -0.39 is 0 Å². The molecule has 0 aliphatic heterocycles. The lowest BCUT2D eigenvalue weighted by Crippen LogP contribution is -2.41. The number of para-hydroxylation sites is 1. The molecular formula is C25H27N5O3S. The van der Waals surface area contributed by atoms with E-state index >= 15 is 0 Å². The van der Waals surface area contributed by atoms with E-state index in [1.165, 1.54) is 6.92 Å². The summed E-state index contributed by atoms with van der Waals surface area (Å²) in [6, 6.07) is 18.0. The highest BCUT2D eigenvalue weighted by Crippen LogP contribution is 2.21. The Kier molecular flexibility index (Phi) is 7.66. The van der Waals surface area contributed by atoms with E-state index in [9.17, 15) is 9.59 Å². The molecule has 1 atom stereocenters. The number of benzene rings is 2. The maximum absolute atomic E-state index is 11.4. The quantitative estimate of drug-likeness (QED) is 0.324. The number of hydrogen-bond acceptors (Lipinski definition) is 7. The number of nitrogens with one attached hydrogen (secondary N) is 3. The molecule has 0 radical (unpaired) electrons. The monoisotopic (exact) mass is 477 g/mol. The summed E-state index contributed by atoms with van der Waals surface area (Å²) in [6.07, 6.45) is 0.546. The zero-order valence-corrected chi connectivity index (χ0v) is 19.9. The van der Waals surface area contributed by atoms with E-state index in [4.69, 9.17) is 4.74 Å². The molecule has 0 fully saturated rings. The van der Waals surface area contributed by atoms with Gasteiger partial charge in [0.15, 0.2) is 0 Å². The molecule has 0 bridgehead atoms. The molecule has 176 valence electrons. The van der Waals surface area contributed by atoms with Crippen LogP contribution in [-0.4, -0.2) is 33.7 Å². The van der Waals surface area contributed by atoms with Crippen LogP contribution in [0.25, 0.3) is 10.9 Å². The van der Waals surface area contributed by atoms with E-state index in [0.29, 0.717) is 31.1 Å². The number of H-pyrrole nitrogens is 1. The summed E-state index contributed by atoms with van der Waals surface area (Å²) in [6.45, 7) is 5.00. The zero-order chi connectivity index (χ0) is 23.9. The van der Waals surface area contributed by atoms with Crippen molar-refractivity contribution in [3.05, 3.63) is 86.1 Å². The van der Waals surface area contributed by atoms with Gasteiger partial charge in [-0.2, -0.15) is 5.10 Å². The van der Waals surface area contributed by atoms with Crippen molar-refractivity contribution in [3.8, 4) is 5.75 Å². The minimum absolute atomic E-state index is 0.0537. The van der Waals surface area contributed by atoms with Crippen LogP contribution < -0.4 is 20.2 Å². The fourth-order valence-corrected chi connectivity index (χ4v) is 4.36. The molecule has 4 rings (SSSR count). The Balaban J connectivity index is 1.35. The molecule has 2 aromatic heterocycles. The molecule has 1 amide bonds. The van der Waals surface area contributed by atoms with Crippen LogP contribution in [0.1, 0.15) is 28.8 Å². The van der Waals surface area contributed by atoms with E-state index in [2.05, 4.69) is 37.9 Å². The van der Waals surface area contributed by atoms with Crippen molar-refractivity contribution < 1.29 is 9.53 Å². The molecule has 3 N–H and O–H groups in total. The number of rotatable bonds is 10. The summed E-state index contributed by atoms with van der Waals surface area (Å²) in [7, 11) is 0. The van der Waals surface area contributed by atoms with Gasteiger partial charge in [-0.05, 0) is 36.8 Å². The molecule has 4 aromatic rings. The van der Waals surface area contributed by atoms with Gasteiger partial charge in [0.25, 0.3) is 0 Å². The Hall–Kier alpha value is -3.56. The number of hydrogen-bond donors (Lipinski definition) is 3. The molecular weight excluding hydrogens is 450 g/mol. The third-order valence-electron chi connectivity index (χ3n) is 5.34. The Morgan fingerprint density at radius 2 is 1.97 bits per heavy atom. The van der Waals surface area contributed by atoms with Crippen LogP contribution in [0.3, 0.4) is 0 Å². The van der Waals surface area contributed by atoms with E-state index in [0.717, 1.165) is 44.8 Å². The lowest BCUT2D eigenvalue weighted by atomic mass is 10.1. The van der Waals surface area contributed by atoms with Gasteiger partial charge in [-0.3, -0.25) is 14.6 Å². The predicted molar refractivity (Wildman–Crippen MR) is 133 cm³/mol. The summed E-state index contributed by atoms with van der Waals surface area (Å²) in [5.41, 5.74) is 4.13. The highest BCUT2D eigenvalue weighted by Gasteiger charge is 2.13. The molecule has 8 nitrogen and oxygen atoms in total. The molecule has 1 unspecified atom stereocenters. The first-order valence-electron chi connectivity index (χ1n) is 11.1. The number of carbonyl (C=O) groups is 1. The molecule has 2 heterocycles. The van der Waals surface area contributed by atoms with Crippen LogP contribution in [0.4, 0.5) is 0 Å². The van der Waals surface area contributed by atoms with Gasteiger partial charge in [0, 0.05) is 49.1 Å². The molecule has 2 aromatic carbocycles. The minimum atomic E-state index is -0.182. The molecule has 0 saturated carbocycles. The maximum atomic E-state index is 11.4. The lowest BCUT2D eigenvalue weighted by molar-refractivity contribution is -0.119. The highest BCUT2D eigenvalue weighted by atomic mass is 32.1. The predicted octanol–water partition coefficient (Wildman–Crippen LogP) is 3.10. The van der Waals surface area contributed by atoms with Gasteiger partial charge in [0.05, 0.1) is 5.52 Å². The molecule has 34 heavy (non-hydrogen) atoms. The summed E-state index contributed by atoms with van der Waals surface area (Å²) in [4.78, 5) is 27.1. The van der Waals surface area contributed by atoms with E-state index in [1.54, 1.807) is 0 Å². The molecule has 0 saturated heterocycles. The smallest absolute Gasteiger partial charge is 0.322 e. The fraction of sp³-hybridized carbons (Fsp3) is 0.280. The normalized spacial score (nSPS) is 11.9. The standard InChI is InChI=1S/C25H27N5O3S/c1-16-11-19(22-5-3-4-6-23(22)28-16)15-33-21-9-7-18(8-10-21)13-27-20(14-26-17(2)31)12-24-29-30-25(32)34-24/h3-11,20,27H,12-15H2,1-2H3,(H,26,31)(H,30,32). The largest absolute Gasteiger partial charge is 0.489 e. The second-order valence-corrected chi connectivity index (χ2v) is 9.14. The van der Waals surface area contributed by atoms with Gasteiger partial charge >= 0.3 is 4.87 Å². The Labute approximate surface area is 201 Å². The number of aromatic amines is 1. The first kappa shape index (κ1) is 23.6. The third-order valence-corrected chi connectivity index (χ3v) is 6.11. The van der Waals surface area contributed by atoms with Crippen LogP contribution in [0.15, 0.2) is 59.4 Å². The van der Waals surface area contributed by atoms with Crippen molar-refractivity contribution >= 4 is 28.1 Å². The van der Waals surface area contributed by atoms with Gasteiger partial charge < -0.3 is 15.4 Å². The average Bonchev–Trinajstić information content (AvgIpc) is 3.24. The second kappa shape index (κ2) is 11.0. The van der Waals surface area contributed by atoms with Gasteiger partial charge in [0.1, 0.15) is 17.4 Å². The van der Waals surface area contributed by atoms with E-state index in [-0.39, 0.29) is 16.8 Å². The minimum Gasteiger partial charge on any atom is -0.489 e. The van der Waals surface area contributed by atoms with Gasteiger partial charge in [-0.1, -0.05) is 41.7 Å². The second-order valence-electron chi connectivity index (χ2n) is 8.10. The number of aromatic nitrogens is 3.